The van der Waals surface area contributed by atoms with Crippen molar-refractivity contribution in [3.63, 3.8) is 0 Å². The number of rotatable bonds is 6. The molecule has 146 valence electrons. The molecule has 2 heterocycles. The van der Waals surface area contributed by atoms with E-state index in [-0.39, 0.29) is 5.95 Å². The lowest BCUT2D eigenvalue weighted by Gasteiger charge is -2.09. The van der Waals surface area contributed by atoms with E-state index in [1.807, 2.05) is 62.6 Å². The maximum atomic E-state index is 5.90. The van der Waals surface area contributed by atoms with E-state index in [4.69, 9.17) is 5.73 Å². The van der Waals surface area contributed by atoms with Crippen molar-refractivity contribution >= 4 is 29.3 Å². The first kappa shape index (κ1) is 18.9. The average Bonchev–Trinajstić information content (AvgIpc) is 3.09. The zero-order valence-electron chi connectivity index (χ0n) is 16.2. The molecule has 2 aromatic carbocycles. The number of aryl methyl sites for hydroxylation is 1. The number of nitrogens with two attached hydrogens (primary N) is 1. The molecular formula is C21H21N7S. The summed E-state index contributed by atoms with van der Waals surface area (Å²) < 4.78 is 2.07. The van der Waals surface area contributed by atoms with Crippen LogP contribution in [0.3, 0.4) is 0 Å². The van der Waals surface area contributed by atoms with E-state index in [0.717, 1.165) is 27.7 Å². The third-order valence-corrected chi connectivity index (χ3v) is 5.48. The Morgan fingerprint density at radius 1 is 1.00 bits per heavy atom. The van der Waals surface area contributed by atoms with Gasteiger partial charge in [-0.1, -0.05) is 60.3 Å². The van der Waals surface area contributed by atoms with Crippen molar-refractivity contribution in [3.8, 4) is 11.3 Å². The number of hydrogen-bond donors (Lipinski definition) is 2. The molecule has 0 radical (unpaired) electrons. The lowest BCUT2D eigenvalue weighted by molar-refractivity contribution is 0.795. The fourth-order valence-electron chi connectivity index (χ4n) is 2.92. The summed E-state index contributed by atoms with van der Waals surface area (Å²) in [5, 5.41) is 4.10. The Labute approximate surface area is 173 Å². The highest BCUT2D eigenvalue weighted by molar-refractivity contribution is 7.98. The summed E-state index contributed by atoms with van der Waals surface area (Å²) in [6, 6.07) is 18.1. The number of benzene rings is 2. The van der Waals surface area contributed by atoms with E-state index in [1.165, 1.54) is 0 Å². The molecule has 7 nitrogen and oxygen atoms in total. The van der Waals surface area contributed by atoms with Crippen LogP contribution in [0.5, 0.6) is 0 Å². The molecular weight excluding hydrogens is 382 g/mol. The number of imidazole rings is 1. The Hall–Kier alpha value is -3.39. The Kier molecular flexibility index (Phi) is 5.44. The Bertz CT molecular complexity index is 1130. The van der Waals surface area contributed by atoms with Crippen molar-refractivity contribution in [2.75, 3.05) is 11.1 Å². The third kappa shape index (κ3) is 4.38. The zero-order valence-corrected chi connectivity index (χ0v) is 17.0. The molecule has 0 amide bonds. The number of nitrogens with zero attached hydrogens (tertiary/aromatic N) is 5. The monoisotopic (exact) mass is 403 g/mol. The van der Waals surface area contributed by atoms with E-state index in [9.17, 15) is 0 Å². The van der Waals surface area contributed by atoms with Gasteiger partial charge in [0.25, 0.3) is 0 Å². The van der Waals surface area contributed by atoms with Crippen molar-refractivity contribution in [1.82, 2.24) is 24.5 Å². The number of nitrogen functional groups attached to an aromatic ring is 1. The Balaban J connectivity index is 1.50. The van der Waals surface area contributed by atoms with Crippen LogP contribution in [-0.2, 0) is 12.8 Å². The van der Waals surface area contributed by atoms with Crippen molar-refractivity contribution in [2.24, 2.45) is 7.05 Å². The molecule has 4 aromatic rings. The van der Waals surface area contributed by atoms with Gasteiger partial charge in [0.1, 0.15) is 5.82 Å². The molecule has 3 N–H and O–H groups in total. The molecule has 8 heteroatoms. The molecule has 0 bridgehead atoms. The highest BCUT2D eigenvalue weighted by Gasteiger charge is 2.11. The molecule has 29 heavy (non-hydrogen) atoms. The second-order valence-corrected chi connectivity index (χ2v) is 7.46. The van der Waals surface area contributed by atoms with Crippen LogP contribution >= 0.6 is 11.8 Å². The molecule has 0 atom stereocenters. The molecule has 0 unspecified atom stereocenters. The topological polar surface area (TPSA) is 94.5 Å². The number of hydrogen-bond acceptors (Lipinski definition) is 7. The number of para-hydroxylation sites is 1. The van der Waals surface area contributed by atoms with Crippen molar-refractivity contribution in [2.45, 2.75) is 17.8 Å². The van der Waals surface area contributed by atoms with Gasteiger partial charge in [-0.2, -0.15) is 15.0 Å². The zero-order chi connectivity index (χ0) is 20.2. The normalized spacial score (nSPS) is 10.8. The first-order valence-electron chi connectivity index (χ1n) is 9.13. The fourth-order valence-corrected chi connectivity index (χ4v) is 3.73. The van der Waals surface area contributed by atoms with Gasteiger partial charge in [0, 0.05) is 12.7 Å². The van der Waals surface area contributed by atoms with Crippen LogP contribution in [0.1, 0.15) is 11.4 Å². The molecule has 0 saturated carbocycles. The van der Waals surface area contributed by atoms with Crippen molar-refractivity contribution in [1.29, 1.82) is 0 Å². The highest BCUT2D eigenvalue weighted by atomic mass is 32.2. The molecule has 0 aliphatic heterocycles. The molecule has 4 rings (SSSR count). The van der Waals surface area contributed by atoms with Gasteiger partial charge in [0.2, 0.25) is 11.9 Å². The molecule has 0 aliphatic carbocycles. The third-order valence-electron chi connectivity index (χ3n) is 4.44. The minimum absolute atomic E-state index is 0.191. The number of anilines is 3. The lowest BCUT2D eigenvalue weighted by atomic mass is 10.2. The van der Waals surface area contributed by atoms with Crippen LogP contribution in [-0.4, -0.2) is 24.5 Å². The first-order valence-corrected chi connectivity index (χ1v) is 10.1. The predicted octanol–water partition coefficient (Wildman–Crippen LogP) is 4.20. The second-order valence-electron chi connectivity index (χ2n) is 6.51. The summed E-state index contributed by atoms with van der Waals surface area (Å²) in [6.45, 7) is 2.02. The van der Waals surface area contributed by atoms with E-state index in [1.54, 1.807) is 11.8 Å². The van der Waals surface area contributed by atoms with Gasteiger partial charge >= 0.3 is 0 Å². The number of thioether (sulfide) groups is 1. The van der Waals surface area contributed by atoms with Crippen molar-refractivity contribution < 1.29 is 0 Å². The SMILES string of the molecule is Cc1ccccc1Nc1nc(N)nc(CSc2ncc(-c3ccccc3)n2C)n1. The minimum Gasteiger partial charge on any atom is -0.368 e. The van der Waals surface area contributed by atoms with Gasteiger partial charge in [-0.15, -0.1) is 0 Å². The smallest absolute Gasteiger partial charge is 0.232 e. The second kappa shape index (κ2) is 8.32. The maximum Gasteiger partial charge on any atom is 0.232 e. The molecule has 0 aliphatic rings. The number of aromatic nitrogens is 5. The molecule has 0 spiro atoms. The Morgan fingerprint density at radius 3 is 2.55 bits per heavy atom. The predicted molar refractivity (Wildman–Crippen MR) is 117 cm³/mol. The van der Waals surface area contributed by atoms with Crippen LogP contribution in [0.4, 0.5) is 17.6 Å². The quantitative estimate of drug-likeness (QED) is 0.466. The van der Waals surface area contributed by atoms with Gasteiger partial charge in [-0.25, -0.2) is 4.98 Å². The average molecular weight is 404 g/mol. The minimum atomic E-state index is 0.191. The summed E-state index contributed by atoms with van der Waals surface area (Å²) in [5.41, 5.74) is 10.1. The summed E-state index contributed by atoms with van der Waals surface area (Å²) in [5.74, 6) is 1.76. The van der Waals surface area contributed by atoms with Crippen LogP contribution < -0.4 is 11.1 Å². The van der Waals surface area contributed by atoms with Crippen LogP contribution in [0.2, 0.25) is 0 Å². The fraction of sp³-hybridized carbons (Fsp3) is 0.143. The number of nitrogens with one attached hydrogen (secondary N) is 1. The Morgan fingerprint density at radius 2 is 1.76 bits per heavy atom. The first-order chi connectivity index (χ1) is 14.1. The van der Waals surface area contributed by atoms with E-state index >= 15 is 0 Å². The molecule has 0 fully saturated rings. The van der Waals surface area contributed by atoms with Crippen LogP contribution in [0, 0.1) is 6.92 Å². The highest BCUT2D eigenvalue weighted by Crippen LogP contribution is 2.26. The van der Waals surface area contributed by atoms with E-state index in [2.05, 4.69) is 42.0 Å². The van der Waals surface area contributed by atoms with Gasteiger partial charge in [0.05, 0.1) is 17.6 Å². The lowest BCUT2D eigenvalue weighted by Crippen LogP contribution is -2.07. The largest absolute Gasteiger partial charge is 0.368 e. The summed E-state index contributed by atoms with van der Waals surface area (Å²) >= 11 is 1.56. The molecule has 0 saturated heterocycles. The maximum absolute atomic E-state index is 5.90. The van der Waals surface area contributed by atoms with E-state index < -0.39 is 0 Å². The summed E-state index contributed by atoms with van der Waals surface area (Å²) in [6.07, 6.45) is 1.88. The van der Waals surface area contributed by atoms with Gasteiger partial charge in [-0.05, 0) is 24.1 Å². The van der Waals surface area contributed by atoms with Crippen molar-refractivity contribution in [3.05, 3.63) is 72.2 Å². The van der Waals surface area contributed by atoms with Gasteiger partial charge < -0.3 is 15.6 Å². The summed E-state index contributed by atoms with van der Waals surface area (Å²) in [4.78, 5) is 17.5. The molecule has 2 aromatic heterocycles. The van der Waals surface area contributed by atoms with Crippen LogP contribution in [0.25, 0.3) is 11.3 Å². The standard InChI is InChI=1S/C21H21N7S/c1-14-8-6-7-11-16(14)24-20-26-18(25-19(22)27-20)13-29-21-23-12-17(28(21)2)15-9-4-3-5-10-15/h3-12H,13H2,1-2H3,(H3,22,24,25,26,27). The van der Waals surface area contributed by atoms with Gasteiger partial charge in [0.15, 0.2) is 5.16 Å². The van der Waals surface area contributed by atoms with Gasteiger partial charge in [-0.3, -0.25) is 0 Å². The summed E-state index contributed by atoms with van der Waals surface area (Å²) in [7, 11) is 2.00. The van der Waals surface area contributed by atoms with E-state index in [0.29, 0.717) is 17.5 Å². The van der Waals surface area contributed by atoms with Crippen LogP contribution in [0.15, 0.2) is 66.0 Å².